The summed E-state index contributed by atoms with van der Waals surface area (Å²) in [7, 11) is -4.50. The minimum Gasteiger partial charge on any atom is -0.410 e. The number of alkyl halides is 2. The Hall–Kier alpha value is -0.820. The van der Waals surface area contributed by atoms with Crippen molar-refractivity contribution in [3.05, 3.63) is 29.3 Å². The molecule has 3 aliphatic carbocycles. The van der Waals surface area contributed by atoms with E-state index < -0.39 is 20.0 Å². The van der Waals surface area contributed by atoms with Crippen molar-refractivity contribution in [2.45, 2.75) is 57.5 Å². The fraction of sp³-hybridized carbons (Fsp3) is 0.696. The summed E-state index contributed by atoms with van der Waals surface area (Å²) < 4.78 is 22.3. The molecule has 2 fully saturated rings. The van der Waals surface area contributed by atoms with Crippen LogP contribution in [-0.2, 0) is 15.5 Å². The molecule has 10 heteroatoms. The molecule has 33 heavy (non-hydrogen) atoms. The van der Waals surface area contributed by atoms with Gasteiger partial charge in [-0.2, -0.15) is 0 Å². The molecule has 2 N–H and O–H groups in total. The van der Waals surface area contributed by atoms with Crippen LogP contribution in [0.15, 0.2) is 18.2 Å². The van der Waals surface area contributed by atoms with Gasteiger partial charge in [0.2, 0.25) is 0 Å². The van der Waals surface area contributed by atoms with Crippen LogP contribution in [0.1, 0.15) is 56.1 Å². The first kappa shape index (κ1) is 25.3. The van der Waals surface area contributed by atoms with Crippen LogP contribution in [0.25, 0.3) is 0 Å². The first-order valence-corrected chi connectivity index (χ1v) is 14.2. The van der Waals surface area contributed by atoms with Gasteiger partial charge in [-0.1, -0.05) is 13.0 Å². The lowest BCUT2D eigenvalue weighted by Crippen LogP contribution is -2.44. The number of fused-ring (bicyclic) bond motifs is 5. The highest BCUT2D eigenvalue weighted by molar-refractivity contribution is 7.46. The zero-order chi connectivity index (χ0) is 23.8. The number of nitrogens with zero attached hydrogens (tertiary/aromatic N) is 1. The van der Waals surface area contributed by atoms with Crippen LogP contribution in [0.2, 0.25) is 0 Å². The Morgan fingerprint density at radius 2 is 1.91 bits per heavy atom. The number of ether oxygens (including phenoxy) is 1. The van der Waals surface area contributed by atoms with Crippen LogP contribution in [0.3, 0.4) is 0 Å². The van der Waals surface area contributed by atoms with Crippen molar-refractivity contribution < 1.29 is 28.4 Å². The van der Waals surface area contributed by atoms with E-state index in [9.17, 15) is 19.1 Å². The predicted molar refractivity (Wildman–Crippen MR) is 127 cm³/mol. The molecular formula is C23H32Cl2NO6P. The van der Waals surface area contributed by atoms with Crippen molar-refractivity contribution in [3.8, 4) is 5.75 Å². The lowest BCUT2D eigenvalue weighted by Gasteiger charge is -2.50. The van der Waals surface area contributed by atoms with Gasteiger partial charge in [0.1, 0.15) is 5.75 Å². The Morgan fingerprint density at radius 1 is 1.18 bits per heavy atom. The molecule has 3 aliphatic rings. The van der Waals surface area contributed by atoms with Crippen LogP contribution in [-0.4, -0.2) is 51.7 Å². The highest BCUT2D eigenvalue weighted by atomic mass is 35.5. The van der Waals surface area contributed by atoms with Crippen LogP contribution in [0.4, 0.5) is 4.79 Å². The lowest BCUT2D eigenvalue weighted by atomic mass is 9.55. The van der Waals surface area contributed by atoms with Crippen LogP contribution in [0, 0.1) is 17.3 Å². The summed E-state index contributed by atoms with van der Waals surface area (Å²) in [6, 6.07) is 5.93. The highest BCUT2D eigenvalue weighted by Gasteiger charge is 2.56. The second kappa shape index (κ2) is 10.0. The van der Waals surface area contributed by atoms with E-state index in [2.05, 4.69) is 13.0 Å². The number of phosphoric ester groups is 1. The zero-order valence-electron chi connectivity index (χ0n) is 18.8. The van der Waals surface area contributed by atoms with E-state index in [0.29, 0.717) is 54.8 Å². The van der Waals surface area contributed by atoms with E-state index >= 15 is 0 Å². The average molecular weight is 520 g/mol. The van der Waals surface area contributed by atoms with Gasteiger partial charge in [0.25, 0.3) is 0 Å². The highest BCUT2D eigenvalue weighted by Crippen LogP contribution is 2.63. The molecule has 1 amide bonds. The monoisotopic (exact) mass is 519 g/mol. The SMILES string of the molecule is C[C@]12CC[C@H]3c4ccc(OC(=O)N(CCCl)CCCl)cc4CC[C@@H]3[C@@H]1CC[C@@H]2OP(=O)(O)O. The normalized spacial score (nSPS) is 30.8. The topological polar surface area (TPSA) is 96.3 Å². The molecule has 2 saturated carbocycles. The van der Waals surface area contributed by atoms with Crippen LogP contribution >= 0.6 is 31.0 Å². The molecule has 0 aliphatic heterocycles. The standard InChI is InChI=1S/C23H32Cl2NO6P/c1-23-9-8-18-17-5-3-16(31-22(27)26(12-10-24)13-11-25)14-15(17)2-4-19(18)20(23)6-7-21(23)32-33(28,29)30/h3,5,14,18-21H,2,4,6-13H2,1H3,(H2,28,29,30)/t18-,19-,20-,21-,23-/m0/s1. The summed E-state index contributed by atoms with van der Waals surface area (Å²) in [5.41, 5.74) is 2.32. The summed E-state index contributed by atoms with van der Waals surface area (Å²) in [4.78, 5) is 32.7. The lowest BCUT2D eigenvalue weighted by molar-refractivity contribution is -0.0217. The fourth-order valence-corrected chi connectivity index (χ4v) is 7.66. The minimum atomic E-state index is -4.50. The molecule has 0 saturated heterocycles. The number of halogens is 2. The summed E-state index contributed by atoms with van der Waals surface area (Å²) in [5.74, 6) is 2.44. The van der Waals surface area contributed by atoms with Crippen molar-refractivity contribution >= 4 is 37.1 Å². The van der Waals surface area contributed by atoms with Crippen molar-refractivity contribution in [2.75, 3.05) is 24.8 Å². The van der Waals surface area contributed by atoms with Crippen molar-refractivity contribution in [2.24, 2.45) is 17.3 Å². The van der Waals surface area contributed by atoms with E-state index in [4.69, 9.17) is 32.5 Å². The summed E-state index contributed by atoms with van der Waals surface area (Å²) in [6.45, 7) is 2.91. The van der Waals surface area contributed by atoms with Gasteiger partial charge in [0.05, 0.1) is 6.10 Å². The number of carbonyl (C=O) groups is 1. The second-order valence-electron chi connectivity index (χ2n) is 9.72. The maximum Gasteiger partial charge on any atom is 0.469 e. The molecule has 7 nitrogen and oxygen atoms in total. The number of aryl methyl sites for hydroxylation is 1. The van der Waals surface area contributed by atoms with E-state index in [1.54, 1.807) is 0 Å². The quantitative estimate of drug-likeness (QED) is 0.374. The second-order valence-corrected chi connectivity index (χ2v) is 11.7. The van der Waals surface area contributed by atoms with Crippen molar-refractivity contribution in [3.63, 3.8) is 0 Å². The Balaban J connectivity index is 1.48. The fourth-order valence-electron chi connectivity index (χ4n) is 6.58. The molecule has 1 aromatic carbocycles. The molecule has 184 valence electrons. The molecule has 0 bridgehead atoms. The molecule has 4 rings (SSSR count). The van der Waals surface area contributed by atoms with Gasteiger partial charge in [-0.3, -0.25) is 4.52 Å². The summed E-state index contributed by atoms with van der Waals surface area (Å²) in [6.07, 6.45) is 4.55. The van der Waals surface area contributed by atoms with Crippen LogP contribution < -0.4 is 4.74 Å². The van der Waals surface area contributed by atoms with Gasteiger partial charge in [0, 0.05) is 24.8 Å². The zero-order valence-corrected chi connectivity index (χ0v) is 21.2. The summed E-state index contributed by atoms with van der Waals surface area (Å²) in [5, 5.41) is 0. The molecule has 0 heterocycles. The maximum absolute atomic E-state index is 12.5. The largest absolute Gasteiger partial charge is 0.469 e. The van der Waals surface area contributed by atoms with Crippen molar-refractivity contribution in [1.82, 2.24) is 4.90 Å². The number of rotatable bonds is 7. The van der Waals surface area contributed by atoms with E-state index in [1.165, 1.54) is 16.0 Å². The Kier molecular flexibility index (Phi) is 7.69. The van der Waals surface area contributed by atoms with E-state index in [0.717, 1.165) is 32.1 Å². The van der Waals surface area contributed by atoms with Gasteiger partial charge in [-0.05, 0) is 85.0 Å². The molecule has 0 radical (unpaired) electrons. The minimum absolute atomic E-state index is 0.205. The van der Waals surface area contributed by atoms with Gasteiger partial charge in [0.15, 0.2) is 0 Å². The van der Waals surface area contributed by atoms with Gasteiger partial charge in [-0.25, -0.2) is 9.36 Å². The number of amides is 1. The van der Waals surface area contributed by atoms with Gasteiger partial charge in [-0.15, -0.1) is 23.2 Å². The Bertz CT molecular complexity index is 920. The molecule has 1 aromatic rings. The smallest absolute Gasteiger partial charge is 0.410 e. The number of hydrogen-bond acceptors (Lipinski definition) is 4. The van der Waals surface area contributed by atoms with Crippen molar-refractivity contribution in [1.29, 1.82) is 0 Å². The maximum atomic E-state index is 12.5. The number of benzene rings is 1. The predicted octanol–water partition coefficient (Wildman–Crippen LogP) is 5.30. The van der Waals surface area contributed by atoms with E-state index in [1.807, 2.05) is 12.1 Å². The number of hydrogen-bond donors (Lipinski definition) is 2. The molecule has 0 spiro atoms. The molecule has 0 unspecified atom stereocenters. The summed E-state index contributed by atoms with van der Waals surface area (Å²) >= 11 is 11.6. The average Bonchev–Trinajstić information content (AvgIpc) is 3.08. The van der Waals surface area contributed by atoms with E-state index in [-0.39, 0.29) is 5.41 Å². The Labute approximate surface area is 205 Å². The van der Waals surface area contributed by atoms with Gasteiger partial charge < -0.3 is 19.4 Å². The molecule has 5 atom stereocenters. The first-order chi connectivity index (χ1) is 15.7. The van der Waals surface area contributed by atoms with Crippen LogP contribution in [0.5, 0.6) is 5.75 Å². The first-order valence-electron chi connectivity index (χ1n) is 11.6. The third kappa shape index (κ3) is 5.24. The third-order valence-electron chi connectivity index (χ3n) is 8.05. The number of phosphoric acid groups is 1. The third-order valence-corrected chi connectivity index (χ3v) is 8.91. The Morgan fingerprint density at radius 3 is 2.58 bits per heavy atom. The number of carbonyl (C=O) groups excluding carboxylic acids is 1. The van der Waals surface area contributed by atoms with Gasteiger partial charge >= 0.3 is 13.9 Å². The molecule has 0 aromatic heterocycles. The molecular weight excluding hydrogens is 488 g/mol.